The van der Waals surface area contributed by atoms with Gasteiger partial charge in [0.15, 0.2) is 0 Å². The lowest BCUT2D eigenvalue weighted by molar-refractivity contribution is 0.0600. The van der Waals surface area contributed by atoms with Crippen LogP contribution < -0.4 is 5.32 Å². The standard InChI is InChI=1S/C17H22N4O2.ClH/c1-20-8-7-19-16(20)15-11-18-6-9-21(15)12-13-4-3-5-14(10-13)17(22)23-2;/h3-5,7-8,10,15,18H,6,9,11-12H2,1-2H3;1H. The summed E-state index contributed by atoms with van der Waals surface area (Å²) in [7, 11) is 3.43. The number of halogens is 1. The van der Waals surface area contributed by atoms with Crippen molar-refractivity contribution in [3.8, 4) is 0 Å². The van der Waals surface area contributed by atoms with Gasteiger partial charge in [-0.15, -0.1) is 12.4 Å². The maximum atomic E-state index is 11.7. The Balaban J connectivity index is 0.00000208. The van der Waals surface area contributed by atoms with Crippen LogP contribution in [0.15, 0.2) is 36.7 Å². The predicted octanol–water partition coefficient (Wildman–Crippen LogP) is 1.77. The van der Waals surface area contributed by atoms with E-state index in [1.54, 1.807) is 6.07 Å². The second-order valence-corrected chi connectivity index (χ2v) is 5.78. The Labute approximate surface area is 148 Å². The number of carbonyl (C=O) groups excluding carboxylic acids is 1. The van der Waals surface area contributed by atoms with Gasteiger partial charge in [-0.05, 0) is 17.7 Å². The van der Waals surface area contributed by atoms with E-state index in [1.807, 2.05) is 37.6 Å². The van der Waals surface area contributed by atoms with Gasteiger partial charge in [0, 0.05) is 45.6 Å². The number of hydrogen-bond acceptors (Lipinski definition) is 5. The van der Waals surface area contributed by atoms with E-state index in [-0.39, 0.29) is 24.4 Å². The summed E-state index contributed by atoms with van der Waals surface area (Å²) in [6.45, 7) is 3.56. The van der Waals surface area contributed by atoms with E-state index in [9.17, 15) is 4.79 Å². The molecule has 1 aromatic heterocycles. The molecule has 0 aliphatic carbocycles. The fourth-order valence-corrected chi connectivity index (χ4v) is 3.04. The van der Waals surface area contributed by atoms with Crippen molar-refractivity contribution < 1.29 is 9.53 Å². The molecule has 6 nitrogen and oxygen atoms in total. The van der Waals surface area contributed by atoms with Gasteiger partial charge in [0.2, 0.25) is 0 Å². The highest BCUT2D eigenvalue weighted by Gasteiger charge is 2.26. The Morgan fingerprint density at radius 3 is 3.00 bits per heavy atom. The average Bonchev–Trinajstić information content (AvgIpc) is 3.01. The van der Waals surface area contributed by atoms with Crippen LogP contribution in [-0.4, -0.2) is 47.2 Å². The summed E-state index contributed by atoms with van der Waals surface area (Å²) in [6, 6.07) is 7.86. The number of aromatic nitrogens is 2. The van der Waals surface area contributed by atoms with Gasteiger partial charge in [0.25, 0.3) is 0 Å². The molecule has 1 aliphatic heterocycles. The molecule has 1 aromatic carbocycles. The van der Waals surface area contributed by atoms with Crippen LogP contribution in [0.3, 0.4) is 0 Å². The Kier molecular flexibility index (Phi) is 6.36. The maximum absolute atomic E-state index is 11.7. The molecule has 2 heterocycles. The zero-order valence-electron chi connectivity index (χ0n) is 13.9. The number of esters is 1. The molecule has 0 amide bonds. The summed E-state index contributed by atoms with van der Waals surface area (Å²) in [5, 5.41) is 3.44. The number of nitrogens with one attached hydrogen (secondary N) is 1. The summed E-state index contributed by atoms with van der Waals surface area (Å²) >= 11 is 0. The first-order chi connectivity index (χ1) is 11.2. The summed E-state index contributed by atoms with van der Waals surface area (Å²) < 4.78 is 6.87. The van der Waals surface area contributed by atoms with Crippen molar-refractivity contribution >= 4 is 18.4 Å². The van der Waals surface area contributed by atoms with Gasteiger partial charge in [0.1, 0.15) is 5.82 Å². The number of piperazine rings is 1. The van der Waals surface area contributed by atoms with Gasteiger partial charge in [-0.25, -0.2) is 9.78 Å². The Morgan fingerprint density at radius 1 is 1.46 bits per heavy atom. The van der Waals surface area contributed by atoms with Gasteiger partial charge in [0.05, 0.1) is 18.7 Å². The molecule has 7 heteroatoms. The van der Waals surface area contributed by atoms with Gasteiger partial charge in [-0.3, -0.25) is 4.90 Å². The van der Waals surface area contributed by atoms with Crippen LogP contribution in [0.25, 0.3) is 0 Å². The highest BCUT2D eigenvalue weighted by Crippen LogP contribution is 2.23. The van der Waals surface area contributed by atoms with E-state index in [2.05, 4.69) is 19.8 Å². The van der Waals surface area contributed by atoms with Crippen LogP contribution in [0.5, 0.6) is 0 Å². The van der Waals surface area contributed by atoms with Crippen LogP contribution in [-0.2, 0) is 18.3 Å². The molecule has 130 valence electrons. The molecule has 0 spiro atoms. The third-order valence-electron chi connectivity index (χ3n) is 4.24. The molecule has 1 fully saturated rings. The molecule has 1 N–H and O–H groups in total. The van der Waals surface area contributed by atoms with Crippen molar-refractivity contribution in [3.05, 3.63) is 53.6 Å². The van der Waals surface area contributed by atoms with Crippen molar-refractivity contribution in [2.24, 2.45) is 7.05 Å². The number of hydrogen-bond donors (Lipinski definition) is 1. The van der Waals surface area contributed by atoms with E-state index >= 15 is 0 Å². The number of methoxy groups -OCH3 is 1. The van der Waals surface area contributed by atoms with E-state index in [4.69, 9.17) is 4.74 Å². The Morgan fingerprint density at radius 2 is 2.29 bits per heavy atom. The van der Waals surface area contributed by atoms with Crippen molar-refractivity contribution in [1.29, 1.82) is 0 Å². The number of imidazole rings is 1. The van der Waals surface area contributed by atoms with Gasteiger partial charge >= 0.3 is 5.97 Å². The molecule has 0 bridgehead atoms. The number of rotatable bonds is 4. The molecular weight excluding hydrogens is 328 g/mol. The monoisotopic (exact) mass is 350 g/mol. The quantitative estimate of drug-likeness (QED) is 0.852. The molecule has 1 unspecified atom stereocenters. The second kappa shape index (κ2) is 8.28. The van der Waals surface area contributed by atoms with Crippen molar-refractivity contribution in [3.63, 3.8) is 0 Å². The molecule has 0 saturated carbocycles. The van der Waals surface area contributed by atoms with Crippen molar-refractivity contribution in [1.82, 2.24) is 19.8 Å². The largest absolute Gasteiger partial charge is 0.465 e. The minimum atomic E-state index is -0.298. The first-order valence-electron chi connectivity index (χ1n) is 7.78. The van der Waals surface area contributed by atoms with Crippen LogP contribution in [0.1, 0.15) is 27.8 Å². The lowest BCUT2D eigenvalue weighted by atomic mass is 10.1. The molecule has 0 radical (unpaired) electrons. The molecule has 24 heavy (non-hydrogen) atoms. The molecule has 1 saturated heterocycles. The molecule has 1 atom stereocenters. The SMILES string of the molecule is COC(=O)c1cccc(CN2CCNCC2c2nccn2C)c1.Cl. The van der Waals surface area contributed by atoms with Crippen LogP contribution in [0.2, 0.25) is 0 Å². The van der Waals surface area contributed by atoms with E-state index in [1.165, 1.54) is 7.11 Å². The van der Waals surface area contributed by atoms with Crippen LogP contribution in [0, 0.1) is 0 Å². The summed E-state index contributed by atoms with van der Waals surface area (Å²) in [5.41, 5.74) is 1.70. The lowest BCUT2D eigenvalue weighted by Gasteiger charge is -2.35. The van der Waals surface area contributed by atoms with E-state index in [0.717, 1.165) is 37.6 Å². The fraction of sp³-hybridized carbons (Fsp3) is 0.412. The first-order valence-corrected chi connectivity index (χ1v) is 7.78. The Hall–Kier alpha value is -1.89. The summed E-state index contributed by atoms with van der Waals surface area (Å²) in [5.74, 6) is 0.758. The number of benzene rings is 1. The van der Waals surface area contributed by atoms with Crippen molar-refractivity contribution in [2.45, 2.75) is 12.6 Å². The third-order valence-corrected chi connectivity index (χ3v) is 4.24. The molecule has 1 aliphatic rings. The minimum Gasteiger partial charge on any atom is -0.465 e. The first kappa shape index (κ1) is 18.4. The van der Waals surface area contributed by atoms with Crippen LogP contribution >= 0.6 is 12.4 Å². The zero-order chi connectivity index (χ0) is 16.2. The topological polar surface area (TPSA) is 59.4 Å². The molecule has 2 aromatic rings. The number of ether oxygens (including phenoxy) is 1. The summed E-state index contributed by atoms with van der Waals surface area (Å²) in [6.07, 6.45) is 3.81. The Bertz CT molecular complexity index is 689. The van der Waals surface area contributed by atoms with Crippen molar-refractivity contribution in [2.75, 3.05) is 26.7 Å². The highest BCUT2D eigenvalue weighted by atomic mass is 35.5. The van der Waals surface area contributed by atoms with Gasteiger partial charge in [-0.2, -0.15) is 0 Å². The predicted molar refractivity (Wildman–Crippen MR) is 94.3 cm³/mol. The zero-order valence-corrected chi connectivity index (χ0v) is 14.8. The normalized spacial score (nSPS) is 18.0. The summed E-state index contributed by atoms with van der Waals surface area (Å²) in [4.78, 5) is 18.6. The van der Waals surface area contributed by atoms with E-state index < -0.39 is 0 Å². The third kappa shape index (κ3) is 3.95. The fourth-order valence-electron chi connectivity index (χ4n) is 3.04. The van der Waals surface area contributed by atoms with Gasteiger partial charge < -0.3 is 14.6 Å². The second-order valence-electron chi connectivity index (χ2n) is 5.78. The lowest BCUT2D eigenvalue weighted by Crippen LogP contribution is -2.46. The van der Waals surface area contributed by atoms with E-state index in [0.29, 0.717) is 5.56 Å². The maximum Gasteiger partial charge on any atom is 0.337 e. The minimum absolute atomic E-state index is 0. The number of aryl methyl sites for hydroxylation is 1. The molecule has 3 rings (SSSR count). The highest BCUT2D eigenvalue weighted by molar-refractivity contribution is 5.89. The average molecular weight is 351 g/mol. The number of carbonyl (C=O) groups is 1. The smallest absolute Gasteiger partial charge is 0.337 e. The van der Waals surface area contributed by atoms with Crippen LogP contribution in [0.4, 0.5) is 0 Å². The van der Waals surface area contributed by atoms with Gasteiger partial charge in [-0.1, -0.05) is 12.1 Å². The molecular formula is C17H23ClN4O2. The number of nitrogens with zero attached hydrogens (tertiary/aromatic N) is 3.